The summed E-state index contributed by atoms with van der Waals surface area (Å²) < 4.78 is 0. The first-order valence-corrected chi connectivity index (χ1v) is 4.72. The zero-order chi connectivity index (χ0) is 11.1. The van der Waals surface area contributed by atoms with Gasteiger partial charge in [-0.3, -0.25) is 4.98 Å². The lowest BCUT2D eigenvalue weighted by molar-refractivity contribution is 0.460. The van der Waals surface area contributed by atoms with Gasteiger partial charge in [-0.1, -0.05) is 6.07 Å². The minimum atomic E-state index is -0.207. The lowest BCUT2D eigenvalue weighted by atomic mass is 10.1. The minimum absolute atomic E-state index is 0.0424. The predicted molar refractivity (Wildman–Crippen MR) is 60.7 cm³/mol. The van der Waals surface area contributed by atoms with E-state index >= 15 is 0 Å². The first kappa shape index (κ1) is 8.84. The van der Waals surface area contributed by atoms with Gasteiger partial charge in [-0.05, 0) is 22.7 Å². The fraction of sp³-hybridized carbons (Fsp3) is 0. The van der Waals surface area contributed by atoms with Gasteiger partial charge >= 0.3 is 0 Å². The van der Waals surface area contributed by atoms with E-state index in [1.54, 1.807) is 18.5 Å². The minimum Gasteiger partial charge on any atom is -0.493 e. The van der Waals surface area contributed by atoms with Crippen LogP contribution in [0.1, 0.15) is 0 Å². The molecule has 0 aliphatic heterocycles. The fourth-order valence-corrected chi connectivity index (χ4v) is 1.89. The van der Waals surface area contributed by atoms with Crippen molar-refractivity contribution in [2.24, 2.45) is 5.18 Å². The Bertz CT molecular complexity index is 703. The van der Waals surface area contributed by atoms with Crippen LogP contribution < -0.4 is 0 Å². The first-order chi connectivity index (χ1) is 7.81. The van der Waals surface area contributed by atoms with Gasteiger partial charge in [0.05, 0.1) is 5.52 Å². The zero-order valence-electron chi connectivity index (χ0n) is 8.14. The van der Waals surface area contributed by atoms with E-state index < -0.39 is 0 Å². The molecule has 0 saturated heterocycles. The molecule has 2 heterocycles. The van der Waals surface area contributed by atoms with Crippen molar-refractivity contribution in [2.45, 2.75) is 0 Å². The first-order valence-electron chi connectivity index (χ1n) is 4.72. The molecule has 16 heavy (non-hydrogen) atoms. The molecule has 0 atom stereocenters. The van der Waals surface area contributed by atoms with E-state index in [-0.39, 0.29) is 11.6 Å². The number of H-pyrrole nitrogens is 1. The molecule has 0 saturated carbocycles. The molecular formula is C11H7N3O2. The second kappa shape index (κ2) is 3.03. The van der Waals surface area contributed by atoms with Gasteiger partial charge in [-0.25, -0.2) is 0 Å². The number of aromatic amines is 1. The highest BCUT2D eigenvalue weighted by Crippen LogP contribution is 2.37. The summed E-state index contributed by atoms with van der Waals surface area (Å²) in [6, 6.07) is 5.48. The van der Waals surface area contributed by atoms with E-state index in [0.29, 0.717) is 10.9 Å². The molecule has 5 heteroatoms. The maximum atomic E-state index is 10.6. The highest BCUT2D eigenvalue weighted by atomic mass is 16.3. The van der Waals surface area contributed by atoms with Crippen LogP contribution in [0.2, 0.25) is 0 Å². The third kappa shape index (κ3) is 1.02. The molecule has 3 rings (SSSR count). The van der Waals surface area contributed by atoms with Crippen molar-refractivity contribution in [3.05, 3.63) is 35.5 Å². The Balaban J connectivity index is 2.57. The van der Waals surface area contributed by atoms with E-state index in [1.807, 2.05) is 12.1 Å². The van der Waals surface area contributed by atoms with E-state index in [4.69, 9.17) is 0 Å². The van der Waals surface area contributed by atoms with Crippen molar-refractivity contribution >= 4 is 27.4 Å². The van der Waals surface area contributed by atoms with Crippen molar-refractivity contribution in [1.29, 1.82) is 0 Å². The van der Waals surface area contributed by atoms with Gasteiger partial charge in [0, 0.05) is 23.2 Å². The normalized spacial score (nSPS) is 11.0. The van der Waals surface area contributed by atoms with Gasteiger partial charge in [0.15, 0.2) is 5.69 Å². The van der Waals surface area contributed by atoms with Gasteiger partial charge < -0.3 is 10.1 Å². The van der Waals surface area contributed by atoms with Crippen LogP contribution in [0.25, 0.3) is 21.7 Å². The average molecular weight is 213 g/mol. The fourth-order valence-electron chi connectivity index (χ4n) is 1.89. The Labute approximate surface area is 89.7 Å². The Morgan fingerprint density at radius 3 is 2.94 bits per heavy atom. The summed E-state index contributed by atoms with van der Waals surface area (Å²) in [7, 11) is 0. The summed E-state index contributed by atoms with van der Waals surface area (Å²) >= 11 is 0. The maximum absolute atomic E-state index is 10.6. The number of pyridine rings is 1. The SMILES string of the molecule is O=Nc1c(O)[nH]c2c1ccc1ccncc12. The smallest absolute Gasteiger partial charge is 0.219 e. The number of aromatic nitrogens is 2. The zero-order valence-corrected chi connectivity index (χ0v) is 8.14. The number of hydrogen-bond acceptors (Lipinski definition) is 4. The van der Waals surface area contributed by atoms with Crippen LogP contribution in [-0.4, -0.2) is 15.1 Å². The highest BCUT2D eigenvalue weighted by molar-refractivity contribution is 6.10. The highest BCUT2D eigenvalue weighted by Gasteiger charge is 2.13. The molecule has 0 bridgehead atoms. The van der Waals surface area contributed by atoms with Crippen LogP contribution in [0.15, 0.2) is 35.8 Å². The molecule has 0 amide bonds. The van der Waals surface area contributed by atoms with Crippen LogP contribution >= 0.6 is 0 Å². The molecule has 2 N–H and O–H groups in total. The molecule has 0 aliphatic carbocycles. The van der Waals surface area contributed by atoms with Crippen molar-refractivity contribution in [1.82, 2.24) is 9.97 Å². The quantitative estimate of drug-likeness (QED) is 0.610. The Kier molecular flexibility index (Phi) is 1.67. The van der Waals surface area contributed by atoms with Crippen LogP contribution in [0, 0.1) is 4.91 Å². The van der Waals surface area contributed by atoms with Gasteiger partial charge in [0.2, 0.25) is 5.88 Å². The van der Waals surface area contributed by atoms with Crippen molar-refractivity contribution < 1.29 is 5.11 Å². The van der Waals surface area contributed by atoms with E-state index in [2.05, 4.69) is 15.1 Å². The Morgan fingerprint density at radius 2 is 2.12 bits per heavy atom. The summed E-state index contributed by atoms with van der Waals surface area (Å²) in [5.74, 6) is -0.207. The van der Waals surface area contributed by atoms with E-state index in [0.717, 1.165) is 10.8 Å². The molecule has 78 valence electrons. The number of rotatable bonds is 1. The summed E-state index contributed by atoms with van der Waals surface area (Å²) in [5.41, 5.74) is 0.721. The van der Waals surface area contributed by atoms with Gasteiger partial charge in [-0.15, -0.1) is 4.91 Å². The molecule has 0 fully saturated rings. The van der Waals surface area contributed by atoms with Crippen LogP contribution in [0.5, 0.6) is 5.88 Å². The molecular weight excluding hydrogens is 206 g/mol. The molecule has 0 aliphatic rings. The number of nitrogens with zero attached hydrogens (tertiary/aromatic N) is 2. The summed E-state index contributed by atoms with van der Waals surface area (Å²) in [6.45, 7) is 0. The molecule has 2 aromatic heterocycles. The number of benzene rings is 1. The standard InChI is InChI=1S/C11H7N3O2/c15-11-10(14-16)7-2-1-6-3-4-12-5-8(6)9(7)13-11/h1-5,13,15H. The van der Waals surface area contributed by atoms with Gasteiger partial charge in [-0.2, -0.15) is 0 Å². The summed E-state index contributed by atoms with van der Waals surface area (Å²) in [4.78, 5) is 17.4. The van der Waals surface area contributed by atoms with Gasteiger partial charge in [0.1, 0.15) is 0 Å². The van der Waals surface area contributed by atoms with E-state index in [1.165, 1.54) is 0 Å². The topological polar surface area (TPSA) is 78.3 Å². The second-order valence-corrected chi connectivity index (χ2v) is 3.50. The predicted octanol–water partition coefficient (Wildman–Crippen LogP) is 2.82. The van der Waals surface area contributed by atoms with Crippen molar-refractivity contribution in [3.8, 4) is 5.88 Å². The van der Waals surface area contributed by atoms with Crippen molar-refractivity contribution in [2.75, 3.05) is 0 Å². The number of aromatic hydroxyl groups is 1. The number of nitroso groups, excluding NO2 is 1. The monoisotopic (exact) mass is 213 g/mol. The Hall–Kier alpha value is -2.43. The number of fused-ring (bicyclic) bond motifs is 3. The largest absolute Gasteiger partial charge is 0.493 e. The summed E-state index contributed by atoms with van der Waals surface area (Å²) in [5, 5.41) is 14.8. The lowest BCUT2D eigenvalue weighted by Gasteiger charge is -1.97. The third-order valence-electron chi connectivity index (χ3n) is 2.64. The maximum Gasteiger partial charge on any atom is 0.219 e. The van der Waals surface area contributed by atoms with Crippen LogP contribution in [0.4, 0.5) is 5.69 Å². The molecule has 3 aromatic rings. The van der Waals surface area contributed by atoms with Gasteiger partial charge in [0.25, 0.3) is 0 Å². The molecule has 0 radical (unpaired) electrons. The van der Waals surface area contributed by atoms with Crippen LogP contribution in [-0.2, 0) is 0 Å². The molecule has 0 unspecified atom stereocenters. The molecule has 5 nitrogen and oxygen atoms in total. The van der Waals surface area contributed by atoms with Crippen molar-refractivity contribution in [3.63, 3.8) is 0 Å². The lowest BCUT2D eigenvalue weighted by Crippen LogP contribution is -1.77. The number of hydrogen-bond donors (Lipinski definition) is 2. The number of nitrogens with one attached hydrogen (secondary N) is 1. The van der Waals surface area contributed by atoms with E-state index in [9.17, 15) is 10.0 Å². The average Bonchev–Trinajstić information content (AvgIpc) is 2.65. The van der Waals surface area contributed by atoms with Crippen LogP contribution in [0.3, 0.4) is 0 Å². The molecule has 0 spiro atoms. The summed E-state index contributed by atoms with van der Waals surface area (Å²) in [6.07, 6.45) is 3.37. The Morgan fingerprint density at radius 1 is 1.25 bits per heavy atom. The molecule has 1 aromatic carbocycles. The third-order valence-corrected chi connectivity index (χ3v) is 2.64. The second-order valence-electron chi connectivity index (χ2n) is 3.50.